The van der Waals surface area contributed by atoms with Crippen molar-refractivity contribution in [2.24, 2.45) is 0 Å². The Morgan fingerprint density at radius 1 is 1.56 bits per heavy atom. The van der Waals surface area contributed by atoms with E-state index in [2.05, 4.69) is 25.6 Å². The lowest BCUT2D eigenvalue weighted by atomic mass is 10.3. The molecule has 0 saturated carbocycles. The van der Waals surface area contributed by atoms with Gasteiger partial charge < -0.3 is 0 Å². The molecule has 0 aliphatic rings. The van der Waals surface area contributed by atoms with Crippen molar-refractivity contribution in [2.75, 3.05) is 16.4 Å². The van der Waals surface area contributed by atoms with Crippen molar-refractivity contribution in [3.05, 3.63) is 22.3 Å². The fraction of sp³-hybridized carbons (Fsp3) is 0.444. The largest absolute Gasteiger partial charge is 0.267 e. The number of anilines is 1. The molecule has 0 radical (unpaired) electrons. The molecule has 0 fully saturated rings. The Balaban J connectivity index is 2.80. The number of pyridine rings is 1. The summed E-state index contributed by atoms with van der Waals surface area (Å²) in [5.74, 6) is 0.694. The van der Waals surface area contributed by atoms with Gasteiger partial charge in [-0.25, -0.2) is 13.4 Å². The van der Waals surface area contributed by atoms with Gasteiger partial charge in [0.2, 0.25) is 10.0 Å². The molecule has 0 saturated heterocycles. The van der Waals surface area contributed by atoms with Gasteiger partial charge in [0.15, 0.2) is 0 Å². The number of rotatable bonds is 5. The number of hydrogen-bond donors (Lipinski definition) is 1. The maximum absolute atomic E-state index is 11.6. The molecular weight excluding hydrogens is 316 g/mol. The molecule has 0 atom stereocenters. The molecule has 7 heteroatoms. The van der Waals surface area contributed by atoms with Crippen molar-refractivity contribution >= 4 is 43.4 Å². The summed E-state index contributed by atoms with van der Waals surface area (Å²) in [6, 6.07) is 1.80. The zero-order chi connectivity index (χ0) is 12.2. The van der Waals surface area contributed by atoms with Crippen molar-refractivity contribution < 1.29 is 8.42 Å². The van der Waals surface area contributed by atoms with Crippen LogP contribution in [0.2, 0.25) is 0 Å². The average molecular weight is 328 g/mol. The summed E-state index contributed by atoms with van der Waals surface area (Å²) in [5, 5.41) is 0. The number of aryl methyl sites for hydroxylation is 1. The first kappa shape index (κ1) is 13.7. The van der Waals surface area contributed by atoms with Crippen LogP contribution in [0.3, 0.4) is 0 Å². The van der Waals surface area contributed by atoms with E-state index in [0.29, 0.717) is 18.1 Å². The molecule has 0 aromatic carbocycles. The van der Waals surface area contributed by atoms with E-state index in [1.165, 1.54) is 0 Å². The molecule has 4 nitrogen and oxygen atoms in total. The molecule has 1 rings (SSSR count). The van der Waals surface area contributed by atoms with E-state index in [9.17, 15) is 8.42 Å². The molecule has 0 bridgehead atoms. The van der Waals surface area contributed by atoms with Gasteiger partial charge in [-0.05, 0) is 40.9 Å². The van der Waals surface area contributed by atoms with Gasteiger partial charge in [-0.2, -0.15) is 0 Å². The molecule has 16 heavy (non-hydrogen) atoms. The van der Waals surface area contributed by atoms with Gasteiger partial charge in [-0.1, -0.05) is 0 Å². The fourth-order valence-corrected chi connectivity index (χ4v) is 2.96. The summed E-state index contributed by atoms with van der Waals surface area (Å²) >= 11 is 8.71. The van der Waals surface area contributed by atoms with Gasteiger partial charge in [0.05, 0.1) is 5.75 Å². The first-order chi connectivity index (χ1) is 7.44. The Hall–Kier alpha value is -0.330. The molecular formula is C9H12BrClN2O2S. The van der Waals surface area contributed by atoms with Crippen molar-refractivity contribution in [3.63, 3.8) is 0 Å². The first-order valence-corrected chi connectivity index (χ1v) is 7.61. The van der Waals surface area contributed by atoms with Crippen LogP contribution in [-0.4, -0.2) is 25.0 Å². The number of alkyl halides is 1. The van der Waals surface area contributed by atoms with E-state index in [1.54, 1.807) is 19.2 Å². The molecule has 0 unspecified atom stereocenters. The molecule has 1 heterocycles. The second-order valence-corrected chi connectivity index (χ2v) is 6.42. The van der Waals surface area contributed by atoms with Gasteiger partial charge in [-0.3, -0.25) is 4.72 Å². The minimum absolute atomic E-state index is 0.00762. The van der Waals surface area contributed by atoms with Gasteiger partial charge in [0.25, 0.3) is 0 Å². The van der Waals surface area contributed by atoms with Crippen LogP contribution in [0, 0.1) is 6.92 Å². The second kappa shape index (κ2) is 5.84. The smallest absolute Gasteiger partial charge is 0.233 e. The van der Waals surface area contributed by atoms with E-state index in [1.807, 2.05) is 0 Å². The van der Waals surface area contributed by atoms with Crippen LogP contribution in [0.5, 0.6) is 0 Å². The lowest BCUT2D eigenvalue weighted by molar-refractivity contribution is 0.599. The maximum Gasteiger partial charge on any atom is 0.233 e. The highest BCUT2D eigenvalue weighted by molar-refractivity contribution is 9.10. The Morgan fingerprint density at radius 3 is 2.81 bits per heavy atom. The first-order valence-electron chi connectivity index (χ1n) is 4.63. The topological polar surface area (TPSA) is 59.1 Å². The summed E-state index contributed by atoms with van der Waals surface area (Å²) in [7, 11) is -3.34. The molecule has 1 N–H and O–H groups in total. The fourth-order valence-electron chi connectivity index (χ4n) is 1.09. The van der Waals surface area contributed by atoms with Gasteiger partial charge in [-0.15, -0.1) is 11.6 Å². The van der Waals surface area contributed by atoms with Crippen LogP contribution in [0.25, 0.3) is 0 Å². The third-order valence-corrected chi connectivity index (χ3v) is 3.88. The van der Waals surface area contributed by atoms with Crippen LogP contribution in [-0.2, 0) is 10.0 Å². The zero-order valence-corrected chi connectivity index (χ0v) is 11.9. The molecule has 1 aromatic rings. The van der Waals surface area contributed by atoms with Crippen LogP contribution in [0.4, 0.5) is 5.82 Å². The van der Waals surface area contributed by atoms with E-state index in [-0.39, 0.29) is 5.75 Å². The van der Waals surface area contributed by atoms with Crippen molar-refractivity contribution in [1.29, 1.82) is 0 Å². The third kappa shape index (κ3) is 4.27. The van der Waals surface area contributed by atoms with E-state index in [0.717, 1.165) is 10.0 Å². The van der Waals surface area contributed by atoms with Crippen molar-refractivity contribution in [1.82, 2.24) is 4.98 Å². The SMILES string of the molecule is Cc1cc(Br)cnc1NS(=O)(=O)CCCCl. The number of sulfonamides is 1. The predicted octanol–water partition coefficient (Wildman–Crippen LogP) is 2.52. The summed E-state index contributed by atoms with van der Waals surface area (Å²) in [6.45, 7) is 1.79. The number of aromatic nitrogens is 1. The monoisotopic (exact) mass is 326 g/mol. The van der Waals surface area contributed by atoms with Crippen LogP contribution in [0.15, 0.2) is 16.7 Å². The summed E-state index contributed by atoms with van der Waals surface area (Å²) in [4.78, 5) is 4.00. The number of halogens is 2. The minimum atomic E-state index is -3.34. The lowest BCUT2D eigenvalue weighted by Gasteiger charge is -2.08. The van der Waals surface area contributed by atoms with Crippen molar-refractivity contribution in [2.45, 2.75) is 13.3 Å². The number of nitrogens with zero attached hydrogens (tertiary/aromatic N) is 1. The Labute approximate surface area is 109 Å². The number of nitrogens with one attached hydrogen (secondary N) is 1. The summed E-state index contributed by atoms with van der Waals surface area (Å²) in [6.07, 6.45) is 1.97. The highest BCUT2D eigenvalue weighted by atomic mass is 79.9. The second-order valence-electron chi connectivity index (χ2n) is 3.28. The van der Waals surface area contributed by atoms with Gasteiger partial charge in [0, 0.05) is 16.5 Å². The Morgan fingerprint density at radius 2 is 2.25 bits per heavy atom. The minimum Gasteiger partial charge on any atom is -0.267 e. The highest BCUT2D eigenvalue weighted by Gasteiger charge is 2.12. The Kier molecular flexibility index (Phi) is 5.01. The maximum atomic E-state index is 11.6. The molecule has 1 aromatic heterocycles. The number of hydrogen-bond acceptors (Lipinski definition) is 3. The van der Waals surface area contributed by atoms with Crippen LogP contribution >= 0.6 is 27.5 Å². The molecule has 0 spiro atoms. The Bertz CT molecular complexity index is 465. The van der Waals surface area contributed by atoms with E-state index < -0.39 is 10.0 Å². The van der Waals surface area contributed by atoms with Crippen LogP contribution in [0.1, 0.15) is 12.0 Å². The average Bonchev–Trinajstić information content (AvgIpc) is 2.19. The van der Waals surface area contributed by atoms with E-state index >= 15 is 0 Å². The summed E-state index contributed by atoms with van der Waals surface area (Å²) in [5.41, 5.74) is 0.767. The molecule has 0 aliphatic carbocycles. The summed E-state index contributed by atoms with van der Waals surface area (Å²) < 4.78 is 26.4. The molecule has 90 valence electrons. The normalized spacial score (nSPS) is 11.4. The molecule has 0 aliphatic heterocycles. The third-order valence-electron chi connectivity index (χ3n) is 1.84. The predicted molar refractivity (Wildman–Crippen MR) is 69.4 cm³/mol. The molecule has 0 amide bonds. The standard InChI is InChI=1S/C9H12BrClN2O2S/c1-7-5-8(10)6-12-9(7)13-16(14,15)4-2-3-11/h5-6H,2-4H2,1H3,(H,12,13). The van der Waals surface area contributed by atoms with E-state index in [4.69, 9.17) is 11.6 Å². The highest BCUT2D eigenvalue weighted by Crippen LogP contribution is 2.17. The lowest BCUT2D eigenvalue weighted by Crippen LogP contribution is -2.18. The van der Waals surface area contributed by atoms with Gasteiger partial charge in [0.1, 0.15) is 5.82 Å². The zero-order valence-electron chi connectivity index (χ0n) is 8.70. The van der Waals surface area contributed by atoms with Gasteiger partial charge >= 0.3 is 0 Å². The van der Waals surface area contributed by atoms with Crippen LogP contribution < -0.4 is 4.72 Å². The van der Waals surface area contributed by atoms with Crippen molar-refractivity contribution in [3.8, 4) is 0 Å². The quantitative estimate of drug-likeness (QED) is 0.845.